The number of halogens is 1. The highest BCUT2D eigenvalue weighted by Crippen LogP contribution is 2.37. The molecule has 0 radical (unpaired) electrons. The van der Waals surface area contributed by atoms with Crippen molar-refractivity contribution in [1.29, 1.82) is 0 Å². The molecule has 17 heavy (non-hydrogen) atoms. The van der Waals surface area contributed by atoms with Gasteiger partial charge in [0.2, 0.25) is 0 Å². The van der Waals surface area contributed by atoms with E-state index in [0.29, 0.717) is 5.92 Å². The van der Waals surface area contributed by atoms with Gasteiger partial charge in [-0.2, -0.15) is 0 Å². The minimum atomic E-state index is -0.300. The summed E-state index contributed by atoms with van der Waals surface area (Å²) >= 11 is 5.61. The SMILES string of the molecule is NC1C2CCOC2C1NC(=O)c1ccc(Cl)o1. The van der Waals surface area contributed by atoms with Gasteiger partial charge in [0.05, 0.1) is 12.1 Å². The van der Waals surface area contributed by atoms with Crippen molar-refractivity contribution in [3.8, 4) is 0 Å². The van der Waals surface area contributed by atoms with E-state index in [1.54, 1.807) is 0 Å². The molecule has 4 unspecified atom stereocenters. The first kappa shape index (κ1) is 11.1. The van der Waals surface area contributed by atoms with Gasteiger partial charge in [0.15, 0.2) is 11.0 Å². The Morgan fingerprint density at radius 2 is 2.35 bits per heavy atom. The van der Waals surface area contributed by atoms with Gasteiger partial charge in [-0.1, -0.05) is 0 Å². The maximum absolute atomic E-state index is 11.8. The smallest absolute Gasteiger partial charge is 0.287 e. The molecule has 2 aliphatic rings. The molecule has 6 heteroatoms. The topological polar surface area (TPSA) is 77.5 Å². The van der Waals surface area contributed by atoms with Gasteiger partial charge in [0.25, 0.3) is 5.91 Å². The van der Waals surface area contributed by atoms with Crippen LogP contribution in [0.1, 0.15) is 17.0 Å². The third kappa shape index (κ3) is 1.74. The van der Waals surface area contributed by atoms with Crippen molar-refractivity contribution in [1.82, 2.24) is 5.32 Å². The Balaban J connectivity index is 1.66. The molecule has 92 valence electrons. The second-order valence-electron chi connectivity index (χ2n) is 4.47. The summed E-state index contributed by atoms with van der Waals surface area (Å²) < 4.78 is 10.6. The maximum Gasteiger partial charge on any atom is 0.287 e. The fourth-order valence-corrected chi connectivity index (χ4v) is 2.73. The van der Waals surface area contributed by atoms with Crippen LogP contribution in [0.5, 0.6) is 0 Å². The van der Waals surface area contributed by atoms with E-state index in [2.05, 4.69) is 5.32 Å². The maximum atomic E-state index is 11.8. The molecule has 1 saturated heterocycles. The van der Waals surface area contributed by atoms with Gasteiger partial charge in [0.1, 0.15) is 0 Å². The zero-order valence-corrected chi connectivity index (χ0v) is 9.81. The number of ether oxygens (including phenoxy) is 1. The van der Waals surface area contributed by atoms with Gasteiger partial charge >= 0.3 is 0 Å². The van der Waals surface area contributed by atoms with Crippen LogP contribution in [-0.2, 0) is 4.74 Å². The number of hydrogen-bond acceptors (Lipinski definition) is 4. The Morgan fingerprint density at radius 1 is 1.53 bits per heavy atom. The van der Waals surface area contributed by atoms with Gasteiger partial charge in [-0.15, -0.1) is 0 Å². The third-order valence-corrected chi connectivity index (χ3v) is 3.74. The number of carbonyl (C=O) groups is 1. The van der Waals surface area contributed by atoms with Crippen molar-refractivity contribution in [2.75, 3.05) is 6.61 Å². The lowest BCUT2D eigenvalue weighted by atomic mass is 9.72. The van der Waals surface area contributed by atoms with E-state index in [-0.39, 0.29) is 35.1 Å². The van der Waals surface area contributed by atoms with Crippen LogP contribution in [0.3, 0.4) is 0 Å². The molecule has 5 nitrogen and oxygen atoms in total. The molecule has 3 rings (SSSR count). The van der Waals surface area contributed by atoms with E-state index in [1.807, 2.05) is 0 Å². The number of carbonyl (C=O) groups excluding carboxylic acids is 1. The Kier molecular flexibility index (Phi) is 2.61. The minimum absolute atomic E-state index is 0.0307. The van der Waals surface area contributed by atoms with Crippen LogP contribution in [0, 0.1) is 5.92 Å². The Hall–Kier alpha value is -1.04. The van der Waals surface area contributed by atoms with Crippen LogP contribution in [0.4, 0.5) is 0 Å². The second-order valence-corrected chi connectivity index (χ2v) is 4.84. The van der Waals surface area contributed by atoms with Crippen LogP contribution in [-0.4, -0.2) is 30.7 Å². The van der Waals surface area contributed by atoms with Crippen LogP contribution in [0.25, 0.3) is 0 Å². The molecular weight excluding hydrogens is 244 g/mol. The van der Waals surface area contributed by atoms with E-state index in [1.165, 1.54) is 12.1 Å². The zero-order valence-electron chi connectivity index (χ0n) is 9.06. The van der Waals surface area contributed by atoms with Crippen LogP contribution < -0.4 is 11.1 Å². The summed E-state index contributed by atoms with van der Waals surface area (Å²) in [6, 6.07) is 2.91. The van der Waals surface area contributed by atoms with Gasteiger partial charge in [-0.05, 0) is 30.2 Å². The molecule has 1 saturated carbocycles. The van der Waals surface area contributed by atoms with Crippen molar-refractivity contribution >= 4 is 17.5 Å². The van der Waals surface area contributed by atoms with Gasteiger partial charge in [0, 0.05) is 18.6 Å². The number of fused-ring (bicyclic) bond motifs is 1. The minimum Gasteiger partial charge on any atom is -0.440 e. The lowest BCUT2D eigenvalue weighted by Crippen LogP contribution is -2.68. The first-order valence-electron chi connectivity index (χ1n) is 5.60. The molecule has 1 aliphatic carbocycles. The summed E-state index contributed by atoms with van der Waals surface area (Å²) in [6.07, 6.45) is 1.03. The van der Waals surface area contributed by atoms with Crippen LogP contribution >= 0.6 is 11.6 Å². The molecule has 2 fully saturated rings. The quantitative estimate of drug-likeness (QED) is 0.820. The summed E-state index contributed by atoms with van der Waals surface area (Å²) in [6.45, 7) is 0.724. The Bertz CT molecular complexity index is 448. The van der Waals surface area contributed by atoms with Crippen molar-refractivity contribution in [2.24, 2.45) is 11.7 Å². The number of nitrogens with one attached hydrogen (secondary N) is 1. The van der Waals surface area contributed by atoms with Crippen molar-refractivity contribution in [2.45, 2.75) is 24.6 Å². The molecule has 0 bridgehead atoms. The van der Waals surface area contributed by atoms with E-state index >= 15 is 0 Å². The molecule has 0 spiro atoms. The second kappa shape index (κ2) is 4.01. The van der Waals surface area contributed by atoms with Crippen molar-refractivity contribution in [3.05, 3.63) is 23.1 Å². The molecule has 1 aliphatic heterocycles. The van der Waals surface area contributed by atoms with Gasteiger partial charge < -0.3 is 20.2 Å². The summed E-state index contributed by atoms with van der Waals surface area (Å²) in [5, 5.41) is 3.02. The highest BCUT2D eigenvalue weighted by Gasteiger charge is 2.52. The van der Waals surface area contributed by atoms with Crippen molar-refractivity contribution < 1.29 is 13.9 Å². The fourth-order valence-electron chi connectivity index (χ4n) is 2.59. The fraction of sp³-hybridized carbons (Fsp3) is 0.545. The highest BCUT2D eigenvalue weighted by molar-refractivity contribution is 6.29. The standard InChI is InChI=1S/C11H13ClN2O3/c12-7-2-1-6(17-7)11(15)14-9-8(13)5-3-4-16-10(5)9/h1-2,5,8-10H,3-4,13H2,(H,14,15). The van der Waals surface area contributed by atoms with E-state index in [9.17, 15) is 4.79 Å². The molecule has 1 aromatic heterocycles. The van der Waals surface area contributed by atoms with Crippen LogP contribution in [0.2, 0.25) is 5.22 Å². The summed E-state index contributed by atoms with van der Waals surface area (Å²) in [7, 11) is 0. The summed E-state index contributed by atoms with van der Waals surface area (Å²) in [4.78, 5) is 11.8. The Morgan fingerprint density at radius 3 is 3.06 bits per heavy atom. The Labute approximate surface area is 103 Å². The first-order chi connectivity index (χ1) is 8.16. The molecule has 0 aromatic carbocycles. The average Bonchev–Trinajstić information content (AvgIpc) is 2.92. The lowest BCUT2D eigenvalue weighted by molar-refractivity contribution is -0.0164. The van der Waals surface area contributed by atoms with Crippen molar-refractivity contribution in [3.63, 3.8) is 0 Å². The highest BCUT2D eigenvalue weighted by atomic mass is 35.5. The average molecular weight is 257 g/mol. The number of furan rings is 1. The molecular formula is C11H13ClN2O3. The summed E-state index contributed by atoms with van der Waals surface area (Å²) in [5.41, 5.74) is 5.99. The first-order valence-corrected chi connectivity index (χ1v) is 5.98. The molecule has 4 atom stereocenters. The number of nitrogens with two attached hydrogens (primary N) is 1. The van der Waals surface area contributed by atoms with Gasteiger partial charge in [-0.3, -0.25) is 4.79 Å². The van der Waals surface area contributed by atoms with Crippen LogP contribution in [0.15, 0.2) is 16.5 Å². The zero-order chi connectivity index (χ0) is 12.0. The normalized spacial score (nSPS) is 35.2. The molecule has 2 heterocycles. The number of hydrogen-bond donors (Lipinski definition) is 2. The third-order valence-electron chi connectivity index (χ3n) is 3.54. The van der Waals surface area contributed by atoms with E-state index < -0.39 is 0 Å². The summed E-state index contributed by atoms with van der Waals surface area (Å²) in [5.74, 6) is 0.274. The lowest BCUT2D eigenvalue weighted by Gasteiger charge is -2.45. The predicted molar refractivity (Wildman–Crippen MR) is 60.8 cm³/mol. The molecule has 3 N–H and O–H groups in total. The van der Waals surface area contributed by atoms with E-state index in [4.69, 9.17) is 26.5 Å². The number of rotatable bonds is 2. The predicted octanol–water partition coefficient (Wildman–Crippen LogP) is 0.777. The van der Waals surface area contributed by atoms with Gasteiger partial charge in [-0.25, -0.2) is 0 Å². The monoisotopic (exact) mass is 256 g/mol. The molecule has 1 amide bonds. The van der Waals surface area contributed by atoms with E-state index in [0.717, 1.165) is 13.0 Å². The largest absolute Gasteiger partial charge is 0.440 e. The molecule has 1 aromatic rings. The number of amides is 1.